The monoisotopic (exact) mass is 448 g/mol. The lowest BCUT2D eigenvalue weighted by Gasteiger charge is -2.20. The third kappa shape index (κ3) is 5.27. The van der Waals surface area contributed by atoms with Crippen LogP contribution >= 0.6 is 23.1 Å². The molecule has 0 saturated heterocycles. The number of fused-ring (bicyclic) bond motifs is 1. The Balaban J connectivity index is 1.64. The average molecular weight is 449 g/mol. The van der Waals surface area contributed by atoms with Crippen molar-refractivity contribution in [3.8, 4) is 5.75 Å². The molecule has 6 heteroatoms. The first-order valence-electron chi connectivity index (χ1n) is 10.2. The van der Waals surface area contributed by atoms with Crippen LogP contribution in [-0.4, -0.2) is 23.8 Å². The maximum atomic E-state index is 13.4. The number of anilines is 1. The number of ether oxygens (including phenoxy) is 1. The van der Waals surface area contributed by atoms with E-state index in [2.05, 4.69) is 12.1 Å². The largest absolute Gasteiger partial charge is 0.494 e. The number of hydrogen-bond donors (Lipinski definition) is 0. The summed E-state index contributed by atoms with van der Waals surface area (Å²) in [5, 5.41) is 0.707. The van der Waals surface area contributed by atoms with Gasteiger partial charge in [-0.25, -0.2) is 4.98 Å². The fraction of sp³-hybridized carbons (Fsp3) is 0.200. The van der Waals surface area contributed by atoms with Gasteiger partial charge in [-0.2, -0.15) is 0 Å². The highest BCUT2D eigenvalue weighted by Crippen LogP contribution is 2.32. The van der Waals surface area contributed by atoms with Crippen molar-refractivity contribution in [3.05, 3.63) is 83.9 Å². The molecule has 0 radical (unpaired) electrons. The van der Waals surface area contributed by atoms with Gasteiger partial charge in [-0.3, -0.25) is 9.69 Å². The van der Waals surface area contributed by atoms with Crippen LogP contribution in [0.2, 0.25) is 0 Å². The molecular weight excluding hydrogens is 424 g/mol. The van der Waals surface area contributed by atoms with Crippen LogP contribution in [0.3, 0.4) is 0 Å². The predicted molar refractivity (Wildman–Crippen MR) is 130 cm³/mol. The average Bonchev–Trinajstić information content (AvgIpc) is 3.22. The minimum Gasteiger partial charge on any atom is -0.494 e. The zero-order valence-corrected chi connectivity index (χ0v) is 19.2. The van der Waals surface area contributed by atoms with Gasteiger partial charge in [0.1, 0.15) is 5.75 Å². The van der Waals surface area contributed by atoms with E-state index in [4.69, 9.17) is 9.72 Å². The Morgan fingerprint density at radius 1 is 1.03 bits per heavy atom. The molecule has 1 amide bonds. The number of hydrogen-bond acceptors (Lipinski definition) is 5. The molecule has 0 atom stereocenters. The van der Waals surface area contributed by atoms with Gasteiger partial charge >= 0.3 is 0 Å². The lowest BCUT2D eigenvalue weighted by atomic mass is 10.1. The minimum atomic E-state index is 0.0323. The lowest BCUT2D eigenvalue weighted by molar-refractivity contribution is -0.118. The SMILES string of the molecule is CCOc1ccc2nc(N(Cc3ccccc3)C(=O)Cc3ccc(SC)cc3)sc2c1. The standard InChI is InChI=1S/C25H24N2O2S2/c1-3-29-20-11-14-22-23(16-20)31-25(26-22)27(17-19-7-5-4-6-8-19)24(28)15-18-9-12-21(30-2)13-10-18/h4-14,16H,3,15,17H2,1-2H3. The van der Waals surface area contributed by atoms with Crippen LogP contribution in [0.4, 0.5) is 5.13 Å². The van der Waals surface area contributed by atoms with Gasteiger partial charge in [0.15, 0.2) is 5.13 Å². The molecule has 158 valence electrons. The van der Waals surface area contributed by atoms with Gasteiger partial charge in [0.05, 0.1) is 29.8 Å². The number of carbonyl (C=O) groups is 1. The molecule has 0 N–H and O–H groups in total. The molecule has 0 aliphatic carbocycles. The second-order valence-corrected chi connectivity index (χ2v) is 8.94. The van der Waals surface area contributed by atoms with Gasteiger partial charge in [-0.1, -0.05) is 53.8 Å². The molecule has 0 aliphatic rings. The Kier molecular flexibility index (Phi) is 6.89. The second kappa shape index (κ2) is 9.98. The third-order valence-corrected chi connectivity index (χ3v) is 6.67. The van der Waals surface area contributed by atoms with E-state index < -0.39 is 0 Å². The number of thiazole rings is 1. The Bertz CT molecular complexity index is 1160. The molecule has 31 heavy (non-hydrogen) atoms. The fourth-order valence-electron chi connectivity index (χ4n) is 3.31. The van der Waals surface area contributed by atoms with E-state index in [0.717, 1.165) is 27.1 Å². The predicted octanol–water partition coefficient (Wildman–Crippen LogP) is 6.19. The number of carbonyl (C=O) groups excluding carboxylic acids is 1. The number of rotatable bonds is 8. The Morgan fingerprint density at radius 3 is 2.52 bits per heavy atom. The van der Waals surface area contributed by atoms with Crippen LogP contribution in [0.1, 0.15) is 18.1 Å². The van der Waals surface area contributed by atoms with E-state index in [1.165, 1.54) is 16.2 Å². The summed E-state index contributed by atoms with van der Waals surface area (Å²) >= 11 is 3.21. The van der Waals surface area contributed by atoms with Crippen LogP contribution < -0.4 is 9.64 Å². The van der Waals surface area contributed by atoms with Crippen molar-refractivity contribution < 1.29 is 9.53 Å². The molecule has 0 bridgehead atoms. The van der Waals surface area contributed by atoms with Crippen LogP contribution in [0.5, 0.6) is 5.75 Å². The highest BCUT2D eigenvalue weighted by atomic mass is 32.2. The molecule has 4 rings (SSSR count). The highest BCUT2D eigenvalue weighted by molar-refractivity contribution is 7.98. The summed E-state index contributed by atoms with van der Waals surface area (Å²) < 4.78 is 6.63. The third-order valence-electron chi connectivity index (χ3n) is 4.89. The first-order chi connectivity index (χ1) is 15.2. The second-order valence-electron chi connectivity index (χ2n) is 7.05. The van der Waals surface area contributed by atoms with Gasteiger partial charge in [0.2, 0.25) is 5.91 Å². The smallest absolute Gasteiger partial charge is 0.233 e. The van der Waals surface area contributed by atoms with Crippen LogP contribution in [0, 0.1) is 0 Å². The Labute approximate surface area is 190 Å². The molecule has 3 aromatic carbocycles. The molecule has 4 aromatic rings. The summed E-state index contributed by atoms with van der Waals surface area (Å²) in [6.07, 6.45) is 2.38. The van der Waals surface area contributed by atoms with E-state index in [9.17, 15) is 4.79 Å². The number of benzene rings is 3. The lowest BCUT2D eigenvalue weighted by Crippen LogP contribution is -2.31. The Hall–Kier alpha value is -2.83. The van der Waals surface area contributed by atoms with E-state index in [-0.39, 0.29) is 5.91 Å². The summed E-state index contributed by atoms with van der Waals surface area (Å²) in [7, 11) is 0. The first kappa shape index (κ1) is 21.4. The molecule has 1 aromatic heterocycles. The molecule has 0 aliphatic heterocycles. The summed E-state index contributed by atoms with van der Waals surface area (Å²) in [4.78, 5) is 21.1. The zero-order valence-electron chi connectivity index (χ0n) is 17.6. The summed E-state index contributed by atoms with van der Waals surface area (Å²) in [5.41, 5.74) is 2.95. The van der Waals surface area contributed by atoms with Crippen LogP contribution in [0.15, 0.2) is 77.7 Å². The number of aromatic nitrogens is 1. The number of amides is 1. The zero-order chi connectivity index (χ0) is 21.6. The van der Waals surface area contributed by atoms with E-state index in [1.54, 1.807) is 16.7 Å². The van der Waals surface area contributed by atoms with Gasteiger partial charge in [-0.15, -0.1) is 11.8 Å². The van der Waals surface area contributed by atoms with Crippen molar-refractivity contribution >= 4 is 44.4 Å². The number of thioether (sulfide) groups is 1. The molecule has 1 heterocycles. The minimum absolute atomic E-state index is 0.0323. The molecule has 0 spiro atoms. The van der Waals surface area contributed by atoms with E-state index in [0.29, 0.717) is 24.7 Å². The van der Waals surface area contributed by atoms with Crippen molar-refractivity contribution in [2.45, 2.75) is 24.8 Å². The van der Waals surface area contributed by atoms with Crippen LogP contribution in [0.25, 0.3) is 10.2 Å². The first-order valence-corrected chi connectivity index (χ1v) is 12.2. The van der Waals surface area contributed by atoms with Gasteiger partial charge in [-0.05, 0) is 54.6 Å². The maximum Gasteiger partial charge on any atom is 0.233 e. The van der Waals surface area contributed by atoms with Gasteiger partial charge < -0.3 is 4.74 Å². The van der Waals surface area contributed by atoms with Crippen molar-refractivity contribution in [1.29, 1.82) is 0 Å². The normalized spacial score (nSPS) is 10.9. The molecule has 4 nitrogen and oxygen atoms in total. The van der Waals surface area contributed by atoms with Crippen molar-refractivity contribution in [3.63, 3.8) is 0 Å². The molecule has 0 saturated carbocycles. The topological polar surface area (TPSA) is 42.4 Å². The van der Waals surface area contributed by atoms with E-state index >= 15 is 0 Å². The Morgan fingerprint density at radius 2 is 1.81 bits per heavy atom. The van der Waals surface area contributed by atoms with E-state index in [1.807, 2.05) is 73.8 Å². The molecule has 0 unspecified atom stereocenters. The van der Waals surface area contributed by atoms with Crippen molar-refractivity contribution in [1.82, 2.24) is 4.98 Å². The summed E-state index contributed by atoms with van der Waals surface area (Å²) in [5.74, 6) is 0.852. The fourth-order valence-corrected chi connectivity index (χ4v) is 4.73. The highest BCUT2D eigenvalue weighted by Gasteiger charge is 2.21. The van der Waals surface area contributed by atoms with Crippen molar-refractivity contribution in [2.24, 2.45) is 0 Å². The number of nitrogens with zero attached hydrogens (tertiary/aromatic N) is 2. The molecule has 0 fully saturated rings. The van der Waals surface area contributed by atoms with Gasteiger partial charge in [0.25, 0.3) is 0 Å². The quantitative estimate of drug-likeness (QED) is 0.301. The van der Waals surface area contributed by atoms with Crippen LogP contribution in [-0.2, 0) is 17.8 Å². The summed E-state index contributed by atoms with van der Waals surface area (Å²) in [6, 6.07) is 24.1. The van der Waals surface area contributed by atoms with Gasteiger partial charge in [0, 0.05) is 4.90 Å². The summed E-state index contributed by atoms with van der Waals surface area (Å²) in [6.45, 7) is 3.07. The maximum absolute atomic E-state index is 13.4. The molecular formula is C25H24N2O2S2. The van der Waals surface area contributed by atoms with Crippen molar-refractivity contribution in [2.75, 3.05) is 17.8 Å².